The summed E-state index contributed by atoms with van der Waals surface area (Å²) in [7, 11) is -7.05. The van der Waals surface area contributed by atoms with Gasteiger partial charge in [-0.15, -0.1) is 24.0 Å². The maximum Gasteiger partial charge on any atom is 0.172 e. The van der Waals surface area contributed by atoms with Crippen molar-refractivity contribution in [2.75, 3.05) is 78.6 Å². The molecule has 5 fully saturated rings. The molecule has 15 nitrogen and oxygen atoms in total. The number of hydrogen-bond donors (Lipinski definition) is 2. The molecule has 0 radical (unpaired) electrons. The fraction of sp³-hybridized carbons (Fsp3) is 0.537. The molecular formula is C54H65Br4I6O15S2-. The van der Waals surface area contributed by atoms with Crippen molar-refractivity contribution < 1.29 is 81.9 Å². The number of fused-ring (bicyclic) bond motifs is 10. The van der Waals surface area contributed by atoms with E-state index in [9.17, 15) is 21.6 Å². The zero-order valence-electron chi connectivity index (χ0n) is 44.3. The average Bonchev–Trinajstić information content (AvgIpc) is 4.43. The quantitative estimate of drug-likeness (QED) is 0.100. The van der Waals surface area contributed by atoms with E-state index >= 15 is 0 Å². The van der Waals surface area contributed by atoms with Crippen LogP contribution in [-0.2, 0) is 72.6 Å². The maximum atomic E-state index is 11.7. The SMILES string of the molecule is Brc1ccc2c(c1)C1(CCC3(CC1)OCCO3)c1cc(Br)ccc1-2.CS(=O)(=O)OCCC1(CCOS(C)(=O)=O)OCCO1.I.II.I[I-]I.O=C1CCC2(CC1)c1cc(Br)ccc1-c1ccc(Br)cc12.OCCC1(CCO)OCCO1. The van der Waals surface area contributed by atoms with Gasteiger partial charge in [-0.1, -0.05) is 88.0 Å². The number of benzene rings is 4. The minimum absolute atomic E-state index is 0. The van der Waals surface area contributed by atoms with Gasteiger partial charge in [0.15, 0.2) is 17.4 Å². The van der Waals surface area contributed by atoms with E-state index in [0.29, 0.717) is 71.1 Å². The topological polar surface area (TPSA) is 200 Å². The van der Waals surface area contributed by atoms with Crippen molar-refractivity contribution in [3.63, 3.8) is 0 Å². The van der Waals surface area contributed by atoms with E-state index in [-0.39, 0.29) is 79.9 Å². The van der Waals surface area contributed by atoms with Crippen molar-refractivity contribution in [1.29, 1.82) is 0 Å². The summed E-state index contributed by atoms with van der Waals surface area (Å²) in [5.41, 5.74) is 11.2. The molecule has 7 aliphatic rings. The van der Waals surface area contributed by atoms with Crippen LogP contribution in [0, 0.1) is 0 Å². The van der Waals surface area contributed by atoms with E-state index in [0.717, 1.165) is 82.1 Å². The summed E-state index contributed by atoms with van der Waals surface area (Å²) in [5.74, 6) is -1.67. The Hall–Kier alpha value is 2.35. The number of aliphatic hydroxyl groups is 2. The predicted molar refractivity (Wildman–Crippen MR) is 368 cm³/mol. The normalized spacial score (nSPS) is 19.6. The zero-order valence-corrected chi connectivity index (χ0v) is 65.4. The van der Waals surface area contributed by atoms with Crippen LogP contribution in [0.4, 0.5) is 0 Å². The Morgan fingerprint density at radius 2 is 0.790 bits per heavy atom. The number of aliphatic hydroxyl groups excluding tert-OH is 2. The van der Waals surface area contributed by atoms with E-state index in [1.807, 2.05) is 0 Å². The third-order valence-corrected chi connectivity index (χ3v) is 18.2. The molecule has 0 amide bonds. The number of hydrogen-bond acceptors (Lipinski definition) is 15. The molecular weight excluding hydrogens is 2030 g/mol. The Labute approximate surface area is 580 Å². The van der Waals surface area contributed by atoms with Crippen LogP contribution in [0.2, 0.25) is 0 Å². The molecule has 3 aliphatic heterocycles. The van der Waals surface area contributed by atoms with Crippen molar-refractivity contribution in [3.05, 3.63) is 113 Å². The fourth-order valence-corrected chi connectivity index (χ4v) is 13.8. The van der Waals surface area contributed by atoms with Gasteiger partial charge in [-0.05, 0) is 119 Å². The van der Waals surface area contributed by atoms with Crippen LogP contribution in [0.15, 0.2) is 90.7 Å². The van der Waals surface area contributed by atoms with Gasteiger partial charge < -0.3 is 38.6 Å². The number of rotatable bonds is 12. The van der Waals surface area contributed by atoms with Crippen molar-refractivity contribution in [1.82, 2.24) is 0 Å². The Bertz CT molecular complexity index is 2770. The van der Waals surface area contributed by atoms with Gasteiger partial charge in [-0.3, -0.25) is 13.2 Å². The first kappa shape index (κ1) is 74.1. The first-order chi connectivity index (χ1) is 38.1. The number of ketones is 1. The molecule has 0 bridgehead atoms. The molecule has 3 saturated heterocycles. The van der Waals surface area contributed by atoms with Crippen LogP contribution in [-0.4, -0.2) is 129 Å². The van der Waals surface area contributed by atoms with Gasteiger partial charge in [0.25, 0.3) is 20.2 Å². The summed E-state index contributed by atoms with van der Waals surface area (Å²) in [6.07, 6.45) is 10.4. The van der Waals surface area contributed by atoms with Gasteiger partial charge in [0.1, 0.15) is 5.78 Å². The maximum absolute atomic E-state index is 11.7. The molecule has 3 spiro atoms. The second-order valence-corrected chi connectivity index (χ2v) is 43.0. The van der Waals surface area contributed by atoms with Crippen molar-refractivity contribution in [2.45, 2.75) is 105 Å². The van der Waals surface area contributed by atoms with Gasteiger partial charge in [-0.2, -0.15) is 16.8 Å². The Morgan fingerprint density at radius 3 is 1.09 bits per heavy atom. The molecule has 0 aromatic heterocycles. The molecule has 4 aromatic carbocycles. The Kier molecular flexibility index (Phi) is 31.2. The van der Waals surface area contributed by atoms with E-state index in [2.05, 4.69) is 219 Å². The number of ether oxygens (including phenoxy) is 6. The number of halogens is 10. The van der Waals surface area contributed by atoms with Gasteiger partial charge >= 0.3 is 50.5 Å². The van der Waals surface area contributed by atoms with Crippen molar-refractivity contribution in [3.8, 4) is 22.3 Å². The molecule has 0 atom stereocenters. The van der Waals surface area contributed by atoms with Crippen LogP contribution in [0.3, 0.4) is 0 Å². The molecule has 2 saturated carbocycles. The van der Waals surface area contributed by atoms with Crippen molar-refractivity contribution >= 4 is 188 Å². The molecule has 0 unspecified atom stereocenters. The van der Waals surface area contributed by atoms with Crippen molar-refractivity contribution in [2.24, 2.45) is 0 Å². The second kappa shape index (κ2) is 34.1. The monoisotopic (exact) mass is 2090 g/mol. The summed E-state index contributed by atoms with van der Waals surface area (Å²) in [5, 5.41) is 17.4. The number of Topliss-reactive ketones (excluding diaryl/α,β-unsaturated/α-hetero) is 1. The molecule has 11 rings (SSSR count). The Balaban J connectivity index is 0.000000197. The van der Waals surface area contributed by atoms with Crippen LogP contribution >= 0.6 is 162 Å². The molecule has 81 heavy (non-hydrogen) atoms. The summed E-state index contributed by atoms with van der Waals surface area (Å²) in [4.78, 5) is 11.7. The third kappa shape index (κ3) is 19.9. The smallest absolute Gasteiger partial charge is 0.172 e. The van der Waals surface area contributed by atoms with Gasteiger partial charge in [0.2, 0.25) is 0 Å². The number of carbonyl (C=O) groups is 1. The molecule has 27 heteroatoms. The summed E-state index contributed by atoms with van der Waals surface area (Å²) >= 11 is 24.1. The van der Waals surface area contributed by atoms with Crippen LogP contribution in [0.5, 0.6) is 0 Å². The minimum atomic E-state index is -3.52. The summed E-state index contributed by atoms with van der Waals surface area (Å²) in [6, 6.07) is 26.6. The summed E-state index contributed by atoms with van der Waals surface area (Å²) < 4.78 is 90.4. The first-order valence-electron chi connectivity index (χ1n) is 25.6. The third-order valence-electron chi connectivity index (χ3n) is 15.1. The molecule has 4 aromatic rings. The Morgan fingerprint density at radius 1 is 0.506 bits per heavy atom. The summed E-state index contributed by atoms with van der Waals surface area (Å²) in [6.45, 7) is 3.15. The predicted octanol–water partition coefficient (Wildman–Crippen LogP) is 11.5. The molecule has 4 aliphatic carbocycles. The van der Waals surface area contributed by atoms with E-state index < -0.39 is 31.8 Å². The van der Waals surface area contributed by atoms with E-state index in [1.165, 1.54) is 44.5 Å². The number of carbonyl (C=O) groups excluding carboxylic acids is 1. The fourth-order valence-electron chi connectivity index (χ4n) is 11.6. The van der Waals surface area contributed by atoms with Crippen LogP contribution < -0.4 is 13.3 Å². The first-order valence-corrected chi connectivity index (χ1v) is 51.2. The molecule has 2 N–H and O–H groups in total. The van der Waals surface area contributed by atoms with Gasteiger partial charge in [-0.25, -0.2) is 0 Å². The largest absolute Gasteiger partial charge is 0.396 e. The van der Waals surface area contributed by atoms with E-state index in [4.69, 9.17) is 38.6 Å². The zero-order chi connectivity index (χ0) is 58.4. The van der Waals surface area contributed by atoms with Crippen LogP contribution in [0.1, 0.15) is 99.3 Å². The van der Waals surface area contributed by atoms with Crippen LogP contribution in [0.25, 0.3) is 22.3 Å². The average molecular weight is 2100 g/mol. The van der Waals surface area contributed by atoms with Gasteiger partial charge in [0, 0.05) is 131 Å². The van der Waals surface area contributed by atoms with Gasteiger partial charge in [0.05, 0.1) is 65.4 Å². The molecule has 3 heterocycles. The van der Waals surface area contributed by atoms with E-state index in [1.54, 1.807) is 0 Å². The standard InChI is InChI=1S/C20H18Br2O2.C18H14Br2O.C9H18O8S2.C7H14O4.I3.I2.HI/c21-13-1-3-15-16-4-2-14(22)12-18(16)19(17(15)11-13)5-7-20(8-6-19)23-9-10-24-20;19-11-1-3-14-15-4-2-12(20)10-17(15)18(16(14)9-11)7-5-13(21)6-8-18;1-18(10,11)16-5-3-9(14-7-8-15-9)4-6-17-19(2,12)13;8-3-1-7(2-4-9)10-5-6-11-7;1-3-2;1-2;/h1-4,11-12H,5-10H2;1-4,9-10H,5-8H2;3-8H2,1-2H3;8-9H,1-6H2;;;1H/q;;;;-1;;. The minimum Gasteiger partial charge on any atom is -0.396 e. The second-order valence-electron chi connectivity index (χ2n) is 19.8. The molecule has 454 valence electrons.